The fraction of sp³-hybridized carbons (Fsp3) is 0.655. The zero-order valence-electron chi connectivity index (χ0n) is 40.7. The smallest absolute Gasteiger partial charge is 0.306 e. The molecular formula is C55H91NO7. The Labute approximate surface area is 386 Å². The van der Waals surface area contributed by atoms with Crippen molar-refractivity contribution in [1.29, 1.82) is 0 Å². The highest BCUT2D eigenvalue weighted by Crippen LogP contribution is 2.12. The maximum atomic E-state index is 12.8. The molecule has 0 saturated carbocycles. The minimum absolute atomic E-state index is 0.0156. The van der Waals surface area contributed by atoms with Crippen molar-refractivity contribution in [1.82, 2.24) is 0 Å². The number of carbonyl (C=O) groups is 3. The summed E-state index contributed by atoms with van der Waals surface area (Å²) in [5.41, 5.74) is 0. The summed E-state index contributed by atoms with van der Waals surface area (Å²) in [6.07, 6.45) is 60.1. The summed E-state index contributed by atoms with van der Waals surface area (Å²) < 4.78 is 17.2. The molecule has 0 aromatic carbocycles. The van der Waals surface area contributed by atoms with Gasteiger partial charge in [0.15, 0.2) is 6.10 Å². The maximum absolute atomic E-state index is 12.8. The number of aliphatic carboxylic acids is 1. The summed E-state index contributed by atoms with van der Waals surface area (Å²) in [5.74, 6) is -1.81. The number of esters is 2. The Balaban J connectivity index is 4.40. The third kappa shape index (κ3) is 43.3. The molecule has 0 heterocycles. The second kappa shape index (κ2) is 44.8. The number of allylic oxidation sites excluding steroid dienone is 16. The third-order valence-corrected chi connectivity index (χ3v) is 10.5. The van der Waals surface area contributed by atoms with Crippen LogP contribution >= 0.6 is 0 Å². The van der Waals surface area contributed by atoms with Gasteiger partial charge in [-0.1, -0.05) is 169 Å². The van der Waals surface area contributed by atoms with E-state index in [1.54, 1.807) is 21.1 Å². The Hall–Kier alpha value is -3.75. The van der Waals surface area contributed by atoms with E-state index < -0.39 is 18.1 Å². The SMILES string of the molecule is CC/C=C/C/C=C/C/C=C/C/C=C/C/C=C/C/C=C/CCCCCCC(=O)OC(COCCC(C(=O)[O-])[N+](C)(C)C)COC(=O)CCCCC/C=C/C=C/CCCCCCCCC. The van der Waals surface area contributed by atoms with Crippen LogP contribution in [0.1, 0.15) is 181 Å². The number of nitrogens with zero attached hydrogens (tertiary/aromatic N) is 1. The first-order valence-corrected chi connectivity index (χ1v) is 24.8. The van der Waals surface area contributed by atoms with E-state index in [0.717, 1.165) is 103 Å². The molecule has 63 heavy (non-hydrogen) atoms. The van der Waals surface area contributed by atoms with Gasteiger partial charge in [0, 0.05) is 19.3 Å². The van der Waals surface area contributed by atoms with E-state index in [9.17, 15) is 19.5 Å². The molecule has 0 aromatic heterocycles. The lowest BCUT2D eigenvalue weighted by Crippen LogP contribution is -2.55. The highest BCUT2D eigenvalue weighted by Gasteiger charge is 2.25. The Kier molecular flexibility index (Phi) is 42.2. The van der Waals surface area contributed by atoms with Gasteiger partial charge in [-0.05, 0) is 89.9 Å². The number of hydrogen-bond acceptors (Lipinski definition) is 7. The fourth-order valence-electron chi connectivity index (χ4n) is 6.65. The first-order valence-electron chi connectivity index (χ1n) is 24.8. The molecule has 0 bridgehead atoms. The van der Waals surface area contributed by atoms with Gasteiger partial charge in [0.1, 0.15) is 12.6 Å². The van der Waals surface area contributed by atoms with Crippen molar-refractivity contribution in [2.24, 2.45) is 0 Å². The molecule has 0 amide bonds. The van der Waals surface area contributed by atoms with E-state index >= 15 is 0 Å². The Bertz CT molecular complexity index is 1350. The molecule has 8 heteroatoms. The number of unbranched alkanes of at least 4 members (excludes halogenated alkanes) is 14. The van der Waals surface area contributed by atoms with Crippen LogP contribution in [-0.2, 0) is 28.6 Å². The summed E-state index contributed by atoms with van der Waals surface area (Å²) in [4.78, 5) is 37.0. The lowest BCUT2D eigenvalue weighted by Gasteiger charge is -2.34. The molecule has 0 aliphatic heterocycles. The van der Waals surface area contributed by atoms with E-state index in [0.29, 0.717) is 6.42 Å². The summed E-state index contributed by atoms with van der Waals surface area (Å²) in [5, 5.41) is 11.7. The number of likely N-dealkylation sites (N-methyl/N-ethyl adjacent to an activating group) is 1. The molecule has 0 spiro atoms. The second-order valence-electron chi connectivity index (χ2n) is 17.3. The lowest BCUT2D eigenvalue weighted by molar-refractivity contribution is -0.889. The minimum Gasteiger partial charge on any atom is -0.544 e. The average molecular weight is 878 g/mol. The number of carboxylic acids is 1. The number of carbonyl (C=O) groups excluding carboxylic acids is 3. The van der Waals surface area contributed by atoms with Gasteiger partial charge < -0.3 is 28.6 Å². The summed E-state index contributed by atoms with van der Waals surface area (Å²) in [7, 11) is 5.38. The fourth-order valence-corrected chi connectivity index (χ4v) is 6.65. The molecule has 0 aliphatic carbocycles. The average Bonchev–Trinajstić information content (AvgIpc) is 3.24. The first-order chi connectivity index (χ1) is 30.6. The standard InChI is InChI=1S/C55H91NO7/c1-6-8-10-12-14-16-18-20-22-24-25-26-27-28-29-30-32-34-36-38-40-42-44-46-54(58)63-51(49-61-48-47-52(55(59)60)56(3,4)5)50-62-53(57)45-43-41-39-37-35-33-31-23-21-19-17-15-13-11-9-7-2/h8,10,14,16,20,22-23,25-26,28-29,31-35,51-52H,6-7,9,11-13,15,17-19,21,24,27,30,36-50H2,1-5H3/b10-8+,16-14+,22-20+,26-25+,29-28+,31-23+,34-32+,35-33+. The zero-order chi connectivity index (χ0) is 46.3. The second-order valence-corrected chi connectivity index (χ2v) is 17.3. The lowest BCUT2D eigenvalue weighted by atomic mass is 10.1. The maximum Gasteiger partial charge on any atom is 0.306 e. The zero-order valence-corrected chi connectivity index (χ0v) is 40.7. The number of rotatable bonds is 43. The van der Waals surface area contributed by atoms with Crippen molar-refractivity contribution in [3.63, 3.8) is 0 Å². The highest BCUT2D eigenvalue weighted by molar-refractivity contribution is 5.70. The molecule has 0 aliphatic rings. The van der Waals surface area contributed by atoms with Crippen molar-refractivity contribution in [3.8, 4) is 0 Å². The largest absolute Gasteiger partial charge is 0.544 e. The van der Waals surface area contributed by atoms with E-state index in [4.69, 9.17) is 14.2 Å². The summed E-state index contributed by atoms with van der Waals surface area (Å²) >= 11 is 0. The van der Waals surface area contributed by atoms with Crippen LogP contribution < -0.4 is 5.11 Å². The van der Waals surface area contributed by atoms with Gasteiger partial charge in [-0.15, -0.1) is 0 Å². The Morgan fingerprint density at radius 3 is 1.43 bits per heavy atom. The van der Waals surface area contributed by atoms with E-state index in [1.165, 1.54) is 44.9 Å². The molecule has 0 fully saturated rings. The predicted octanol–water partition coefficient (Wildman–Crippen LogP) is 12.9. The van der Waals surface area contributed by atoms with E-state index in [1.807, 2.05) is 0 Å². The van der Waals surface area contributed by atoms with Gasteiger partial charge in [-0.2, -0.15) is 0 Å². The molecule has 2 unspecified atom stereocenters. The molecule has 0 N–H and O–H groups in total. The van der Waals surface area contributed by atoms with Gasteiger partial charge >= 0.3 is 11.9 Å². The normalized spacial score (nSPS) is 13.7. The van der Waals surface area contributed by atoms with Crippen LogP contribution in [0.5, 0.6) is 0 Å². The molecule has 0 saturated heterocycles. The molecule has 2 atom stereocenters. The number of quaternary nitrogens is 1. The van der Waals surface area contributed by atoms with Crippen LogP contribution in [0.4, 0.5) is 0 Å². The third-order valence-electron chi connectivity index (χ3n) is 10.5. The highest BCUT2D eigenvalue weighted by atomic mass is 16.6. The summed E-state index contributed by atoms with van der Waals surface area (Å²) in [6, 6.07) is -0.741. The van der Waals surface area contributed by atoms with Crippen molar-refractivity contribution < 1.29 is 38.2 Å². The van der Waals surface area contributed by atoms with Crippen LogP contribution in [0, 0.1) is 0 Å². The van der Waals surface area contributed by atoms with Crippen LogP contribution in [0.15, 0.2) is 97.2 Å². The van der Waals surface area contributed by atoms with E-state index in [-0.39, 0.29) is 49.1 Å². The topological polar surface area (TPSA) is 102 Å². The predicted molar refractivity (Wildman–Crippen MR) is 263 cm³/mol. The van der Waals surface area contributed by atoms with Crippen molar-refractivity contribution in [2.45, 2.75) is 193 Å². The van der Waals surface area contributed by atoms with Gasteiger partial charge in [-0.25, -0.2) is 0 Å². The van der Waals surface area contributed by atoms with Gasteiger partial charge in [0.05, 0.1) is 40.3 Å². The quantitative estimate of drug-likeness (QED) is 0.0198. The molecule has 358 valence electrons. The molecule has 0 rings (SSSR count). The van der Waals surface area contributed by atoms with Gasteiger partial charge in [0.25, 0.3) is 0 Å². The number of carboxylic acid groups (broad SMARTS) is 1. The van der Waals surface area contributed by atoms with Crippen molar-refractivity contribution in [3.05, 3.63) is 97.2 Å². The first kappa shape index (κ1) is 59.2. The molecule has 0 aromatic rings. The monoisotopic (exact) mass is 878 g/mol. The van der Waals surface area contributed by atoms with Crippen molar-refractivity contribution in [2.75, 3.05) is 41.0 Å². The van der Waals surface area contributed by atoms with Crippen molar-refractivity contribution >= 4 is 17.9 Å². The molecular weight excluding hydrogens is 787 g/mol. The minimum atomic E-state index is -1.14. The molecule has 0 radical (unpaired) electrons. The molecule has 8 nitrogen and oxygen atoms in total. The van der Waals surface area contributed by atoms with Gasteiger partial charge in [0.2, 0.25) is 0 Å². The Morgan fingerprint density at radius 1 is 0.508 bits per heavy atom. The van der Waals surface area contributed by atoms with Crippen LogP contribution in [0.2, 0.25) is 0 Å². The van der Waals surface area contributed by atoms with Gasteiger partial charge in [-0.3, -0.25) is 9.59 Å². The van der Waals surface area contributed by atoms with Crippen LogP contribution in [0.3, 0.4) is 0 Å². The Morgan fingerprint density at radius 2 is 0.937 bits per heavy atom. The number of ether oxygens (including phenoxy) is 3. The number of hydrogen-bond donors (Lipinski definition) is 0. The van der Waals surface area contributed by atoms with Crippen LogP contribution in [-0.4, -0.2) is 75.5 Å². The van der Waals surface area contributed by atoms with E-state index in [2.05, 4.69) is 111 Å². The van der Waals surface area contributed by atoms with Crippen LogP contribution in [0.25, 0.3) is 0 Å². The summed E-state index contributed by atoms with van der Waals surface area (Å²) in [6.45, 7) is 4.48.